The molecule has 182 valence electrons. The Balaban J connectivity index is 1.48. The lowest BCUT2D eigenvalue weighted by molar-refractivity contribution is -0.127. The third-order valence-corrected chi connectivity index (χ3v) is 5.75. The van der Waals surface area contributed by atoms with Gasteiger partial charge >= 0.3 is 6.03 Å². The van der Waals surface area contributed by atoms with Crippen LogP contribution in [0.4, 0.5) is 4.79 Å². The number of amides is 4. The fourth-order valence-corrected chi connectivity index (χ4v) is 3.90. The quantitative estimate of drug-likeness (QED) is 0.407. The molecule has 3 N–H and O–H groups in total. The van der Waals surface area contributed by atoms with E-state index in [1.165, 1.54) is 4.90 Å². The molecule has 2 aromatic rings. The van der Waals surface area contributed by atoms with E-state index in [-0.39, 0.29) is 37.8 Å². The van der Waals surface area contributed by atoms with Gasteiger partial charge < -0.3 is 25.2 Å². The molecule has 34 heavy (non-hydrogen) atoms. The minimum absolute atomic E-state index is 0.0610. The number of carbonyl (C=O) groups excluding carboxylic acids is 3. The van der Waals surface area contributed by atoms with Crippen molar-refractivity contribution in [3.8, 4) is 11.5 Å². The number of rotatable bonds is 12. The maximum Gasteiger partial charge on any atom is 0.324 e. The van der Waals surface area contributed by atoms with E-state index in [1.54, 1.807) is 20.3 Å². The molecule has 4 amide bonds. The summed E-state index contributed by atoms with van der Waals surface area (Å²) in [4.78, 5) is 38.6. The van der Waals surface area contributed by atoms with Gasteiger partial charge in [-0.1, -0.05) is 36.4 Å². The summed E-state index contributed by atoms with van der Waals surface area (Å²) in [7, 11) is 3.10. The minimum atomic E-state index is -0.745. The Morgan fingerprint density at radius 1 is 1.09 bits per heavy atom. The van der Waals surface area contributed by atoms with Crippen molar-refractivity contribution in [3.63, 3.8) is 0 Å². The topological polar surface area (TPSA) is 117 Å². The van der Waals surface area contributed by atoms with Gasteiger partial charge in [-0.05, 0) is 42.5 Å². The Morgan fingerprint density at radius 3 is 2.50 bits per heavy atom. The summed E-state index contributed by atoms with van der Waals surface area (Å²) >= 11 is 0. The molecular weight excluding hydrogens is 438 g/mol. The van der Waals surface area contributed by atoms with Gasteiger partial charge in [-0.3, -0.25) is 14.5 Å². The molecule has 3 rings (SSSR count). The van der Waals surface area contributed by atoms with Crippen molar-refractivity contribution in [2.75, 3.05) is 27.4 Å². The Labute approximate surface area is 199 Å². The van der Waals surface area contributed by atoms with Crippen LogP contribution in [0.3, 0.4) is 0 Å². The first kappa shape index (κ1) is 25.0. The number of hydrogen-bond acceptors (Lipinski definition) is 6. The highest BCUT2D eigenvalue weighted by atomic mass is 16.5. The van der Waals surface area contributed by atoms with Crippen LogP contribution in [0.15, 0.2) is 48.5 Å². The van der Waals surface area contributed by atoms with Gasteiger partial charge in [0.15, 0.2) is 11.5 Å². The summed E-state index contributed by atoms with van der Waals surface area (Å²) < 4.78 is 10.5. The lowest BCUT2D eigenvalue weighted by Gasteiger charge is -2.17. The number of nitrogens with one attached hydrogen (secondary N) is 2. The molecule has 0 aliphatic carbocycles. The number of ether oxygens (including phenoxy) is 2. The van der Waals surface area contributed by atoms with Gasteiger partial charge in [0.05, 0.1) is 26.9 Å². The number of benzene rings is 2. The third-order valence-electron chi connectivity index (χ3n) is 5.75. The normalized spacial score (nSPS) is 16.2. The standard InChI is InChI=1S/C25H31N3O6/c1-33-21-10-8-18(15-22(21)34-2)12-13-28-24(31)20(27-25(28)32)9-11-23(30)26-19(16-29)14-17-6-4-3-5-7-17/h3-8,10,15,19-20,29H,9,11-14,16H2,1-2H3,(H,26,30)(H,27,32)/t19-,20-/m0/s1. The van der Waals surface area contributed by atoms with E-state index in [1.807, 2.05) is 42.5 Å². The van der Waals surface area contributed by atoms with Crippen LogP contribution in [0.25, 0.3) is 0 Å². The number of hydrogen-bond donors (Lipinski definition) is 3. The molecule has 0 aromatic heterocycles. The number of carbonyl (C=O) groups is 3. The van der Waals surface area contributed by atoms with Gasteiger partial charge in [0, 0.05) is 13.0 Å². The highest BCUT2D eigenvalue weighted by molar-refractivity contribution is 6.04. The maximum absolute atomic E-state index is 12.7. The van der Waals surface area contributed by atoms with Gasteiger partial charge in [-0.15, -0.1) is 0 Å². The lowest BCUT2D eigenvalue weighted by Crippen LogP contribution is -2.40. The van der Waals surface area contributed by atoms with Gasteiger partial charge in [-0.25, -0.2) is 4.79 Å². The molecule has 1 heterocycles. The predicted octanol–water partition coefficient (Wildman–Crippen LogP) is 1.67. The van der Waals surface area contributed by atoms with Gasteiger partial charge in [0.1, 0.15) is 6.04 Å². The summed E-state index contributed by atoms with van der Waals surface area (Å²) in [6.07, 6.45) is 1.22. The second kappa shape index (κ2) is 12.0. The first-order valence-electron chi connectivity index (χ1n) is 11.2. The highest BCUT2D eigenvalue weighted by Crippen LogP contribution is 2.28. The SMILES string of the molecule is COc1ccc(CCN2C(=O)N[C@@H](CCC(=O)N[C@H](CO)Cc3ccccc3)C2=O)cc1OC. The molecule has 0 saturated carbocycles. The largest absolute Gasteiger partial charge is 0.493 e. The molecule has 9 heteroatoms. The molecule has 0 bridgehead atoms. The van der Waals surface area contributed by atoms with E-state index in [4.69, 9.17) is 9.47 Å². The molecule has 1 aliphatic heterocycles. The first-order chi connectivity index (χ1) is 16.4. The van der Waals surface area contributed by atoms with Gasteiger partial charge in [0.2, 0.25) is 5.91 Å². The number of imide groups is 1. The van der Waals surface area contributed by atoms with Crippen molar-refractivity contribution < 1.29 is 29.0 Å². The van der Waals surface area contributed by atoms with Crippen molar-refractivity contribution >= 4 is 17.8 Å². The van der Waals surface area contributed by atoms with E-state index >= 15 is 0 Å². The molecule has 0 spiro atoms. The van der Waals surface area contributed by atoms with E-state index in [0.717, 1.165) is 11.1 Å². The van der Waals surface area contributed by atoms with Crippen LogP contribution in [0.2, 0.25) is 0 Å². The number of aliphatic hydroxyl groups is 1. The number of nitrogens with zero attached hydrogens (tertiary/aromatic N) is 1. The fourth-order valence-electron chi connectivity index (χ4n) is 3.90. The van der Waals surface area contributed by atoms with E-state index in [0.29, 0.717) is 24.3 Å². The van der Waals surface area contributed by atoms with Crippen LogP contribution in [0.5, 0.6) is 11.5 Å². The molecule has 0 unspecified atom stereocenters. The molecule has 2 atom stereocenters. The van der Waals surface area contributed by atoms with Gasteiger partial charge in [0.25, 0.3) is 5.91 Å². The number of methoxy groups -OCH3 is 2. The van der Waals surface area contributed by atoms with Crippen molar-refractivity contribution in [1.82, 2.24) is 15.5 Å². The predicted molar refractivity (Wildman–Crippen MR) is 126 cm³/mol. The molecule has 1 saturated heterocycles. The van der Waals surface area contributed by atoms with Crippen molar-refractivity contribution in [3.05, 3.63) is 59.7 Å². The average molecular weight is 470 g/mol. The summed E-state index contributed by atoms with van der Waals surface area (Å²) in [5.74, 6) is 0.559. The second-order valence-electron chi connectivity index (χ2n) is 8.11. The lowest BCUT2D eigenvalue weighted by atomic mass is 10.1. The molecule has 2 aromatic carbocycles. The number of aliphatic hydroxyl groups excluding tert-OH is 1. The number of urea groups is 1. The van der Waals surface area contributed by atoms with Gasteiger partial charge in [-0.2, -0.15) is 0 Å². The summed E-state index contributed by atoms with van der Waals surface area (Å²) in [5.41, 5.74) is 1.90. The Hall–Kier alpha value is -3.59. The Kier molecular flexibility index (Phi) is 8.86. The zero-order valence-electron chi connectivity index (χ0n) is 19.5. The van der Waals surface area contributed by atoms with Crippen molar-refractivity contribution in [1.29, 1.82) is 0 Å². The maximum atomic E-state index is 12.7. The van der Waals surface area contributed by atoms with E-state index < -0.39 is 18.1 Å². The minimum Gasteiger partial charge on any atom is -0.493 e. The summed E-state index contributed by atoms with van der Waals surface area (Å²) in [6, 6.07) is 13.4. The van der Waals surface area contributed by atoms with Crippen LogP contribution < -0.4 is 20.1 Å². The van der Waals surface area contributed by atoms with Crippen LogP contribution in [-0.4, -0.2) is 67.3 Å². The summed E-state index contributed by atoms with van der Waals surface area (Å²) in [5, 5.41) is 15.0. The molecular formula is C25H31N3O6. The zero-order chi connectivity index (χ0) is 24.5. The molecule has 1 aliphatic rings. The van der Waals surface area contributed by atoms with Crippen LogP contribution in [-0.2, 0) is 22.4 Å². The molecule has 0 radical (unpaired) electrons. The zero-order valence-corrected chi connectivity index (χ0v) is 19.5. The average Bonchev–Trinajstić information content (AvgIpc) is 3.13. The van der Waals surface area contributed by atoms with Crippen LogP contribution in [0, 0.1) is 0 Å². The first-order valence-corrected chi connectivity index (χ1v) is 11.2. The van der Waals surface area contributed by atoms with Crippen molar-refractivity contribution in [2.24, 2.45) is 0 Å². The Bertz CT molecular complexity index is 997. The second-order valence-corrected chi connectivity index (χ2v) is 8.11. The summed E-state index contributed by atoms with van der Waals surface area (Å²) in [6.45, 7) is 0.0240. The van der Waals surface area contributed by atoms with E-state index in [9.17, 15) is 19.5 Å². The smallest absolute Gasteiger partial charge is 0.324 e. The van der Waals surface area contributed by atoms with Crippen LogP contribution in [0.1, 0.15) is 24.0 Å². The van der Waals surface area contributed by atoms with Crippen molar-refractivity contribution in [2.45, 2.75) is 37.8 Å². The Morgan fingerprint density at radius 2 is 1.82 bits per heavy atom. The highest BCUT2D eigenvalue weighted by Gasteiger charge is 2.37. The third kappa shape index (κ3) is 6.48. The fraction of sp³-hybridized carbons (Fsp3) is 0.400. The van der Waals surface area contributed by atoms with E-state index in [2.05, 4.69) is 10.6 Å². The molecule has 9 nitrogen and oxygen atoms in total. The van der Waals surface area contributed by atoms with Crippen LogP contribution >= 0.6 is 0 Å². The molecule has 1 fully saturated rings. The monoisotopic (exact) mass is 469 g/mol.